The van der Waals surface area contributed by atoms with Crippen LogP contribution in [0.2, 0.25) is 0 Å². The number of anilines is 2. The summed E-state index contributed by atoms with van der Waals surface area (Å²) in [5.41, 5.74) is 1.33. The lowest BCUT2D eigenvalue weighted by Crippen LogP contribution is -2.30. The van der Waals surface area contributed by atoms with Gasteiger partial charge in [0.25, 0.3) is 0 Å². The van der Waals surface area contributed by atoms with Crippen molar-refractivity contribution in [2.45, 2.75) is 25.7 Å². The van der Waals surface area contributed by atoms with E-state index in [-0.39, 0.29) is 18.1 Å². The van der Waals surface area contributed by atoms with Gasteiger partial charge in [0, 0.05) is 13.1 Å². The zero-order chi connectivity index (χ0) is 16.1. The number of carbonyl (C=O) groups excluding carboxylic acids is 1. The van der Waals surface area contributed by atoms with Gasteiger partial charge in [0.05, 0.1) is 24.5 Å². The third kappa shape index (κ3) is 4.25. The average Bonchev–Trinajstić information content (AvgIpc) is 2.58. The Morgan fingerprint density at radius 2 is 1.74 bits per heavy atom. The molecule has 1 aliphatic heterocycles. The topological polar surface area (TPSA) is 58.1 Å². The number of benzene rings is 1. The van der Waals surface area contributed by atoms with E-state index in [9.17, 15) is 9.18 Å². The smallest absolute Gasteiger partial charge is 0.228 e. The summed E-state index contributed by atoms with van der Waals surface area (Å²) >= 11 is 0. The van der Waals surface area contributed by atoms with Crippen molar-refractivity contribution in [1.82, 2.24) is 9.97 Å². The van der Waals surface area contributed by atoms with E-state index in [1.165, 1.54) is 31.4 Å². The Bertz CT molecular complexity index is 651. The first-order valence-corrected chi connectivity index (χ1v) is 7.82. The number of amides is 1. The number of carbonyl (C=O) groups is 1. The first-order chi connectivity index (χ1) is 11.2. The monoisotopic (exact) mass is 314 g/mol. The molecular formula is C17H19FN4O. The molecule has 0 radical (unpaired) electrons. The predicted octanol–water partition coefficient (Wildman–Crippen LogP) is 2.79. The van der Waals surface area contributed by atoms with E-state index >= 15 is 0 Å². The van der Waals surface area contributed by atoms with Gasteiger partial charge >= 0.3 is 0 Å². The first-order valence-electron chi connectivity index (χ1n) is 7.82. The Labute approximate surface area is 134 Å². The van der Waals surface area contributed by atoms with Crippen LogP contribution in [0.1, 0.15) is 24.8 Å². The van der Waals surface area contributed by atoms with Gasteiger partial charge < -0.3 is 10.2 Å². The number of nitrogens with zero attached hydrogens (tertiary/aromatic N) is 3. The highest BCUT2D eigenvalue weighted by Crippen LogP contribution is 2.16. The van der Waals surface area contributed by atoms with Crippen molar-refractivity contribution in [3.8, 4) is 0 Å². The predicted molar refractivity (Wildman–Crippen MR) is 86.8 cm³/mol. The Hall–Kier alpha value is -2.50. The Balaban J connectivity index is 1.57. The van der Waals surface area contributed by atoms with Gasteiger partial charge in [-0.1, -0.05) is 12.1 Å². The summed E-state index contributed by atoms with van der Waals surface area (Å²) in [6.45, 7) is 1.96. The molecule has 1 N–H and O–H groups in total. The quantitative estimate of drug-likeness (QED) is 0.943. The highest BCUT2D eigenvalue weighted by atomic mass is 19.1. The van der Waals surface area contributed by atoms with Crippen LogP contribution in [0.25, 0.3) is 0 Å². The van der Waals surface area contributed by atoms with Crippen molar-refractivity contribution in [3.05, 3.63) is 48.0 Å². The minimum atomic E-state index is -0.309. The van der Waals surface area contributed by atoms with E-state index in [2.05, 4.69) is 20.2 Å². The fourth-order valence-electron chi connectivity index (χ4n) is 2.64. The molecule has 1 aromatic carbocycles. The average molecular weight is 314 g/mol. The molecule has 0 spiro atoms. The zero-order valence-electron chi connectivity index (χ0n) is 12.8. The fourth-order valence-corrected chi connectivity index (χ4v) is 2.64. The van der Waals surface area contributed by atoms with Crippen molar-refractivity contribution >= 4 is 17.5 Å². The lowest BCUT2D eigenvalue weighted by Gasteiger charge is -2.26. The van der Waals surface area contributed by atoms with Crippen LogP contribution in [-0.4, -0.2) is 29.0 Å². The SMILES string of the molecule is O=C(Cc1ccc(F)cc1)Nc1cnc(N2CCCCC2)nc1. The minimum absolute atomic E-state index is 0.175. The fraction of sp³-hybridized carbons (Fsp3) is 0.353. The van der Waals surface area contributed by atoms with Gasteiger partial charge in [-0.3, -0.25) is 4.79 Å². The Morgan fingerprint density at radius 3 is 2.39 bits per heavy atom. The molecule has 0 bridgehead atoms. The van der Waals surface area contributed by atoms with Crippen LogP contribution in [0.3, 0.4) is 0 Å². The molecule has 23 heavy (non-hydrogen) atoms. The standard InChI is InChI=1S/C17H19FN4O/c18-14-6-4-13(5-7-14)10-16(23)21-15-11-19-17(20-12-15)22-8-2-1-3-9-22/h4-7,11-12H,1-3,8-10H2,(H,21,23). The van der Waals surface area contributed by atoms with Gasteiger partial charge in [-0.15, -0.1) is 0 Å². The van der Waals surface area contributed by atoms with Gasteiger partial charge in [-0.25, -0.2) is 14.4 Å². The highest BCUT2D eigenvalue weighted by Gasteiger charge is 2.13. The van der Waals surface area contributed by atoms with Gasteiger partial charge in [0.1, 0.15) is 5.82 Å². The first kappa shape index (κ1) is 15.4. The molecule has 1 amide bonds. The second-order valence-corrected chi connectivity index (χ2v) is 5.67. The molecule has 1 saturated heterocycles. The molecule has 3 rings (SSSR count). The summed E-state index contributed by atoms with van der Waals surface area (Å²) in [5.74, 6) is 0.225. The molecule has 5 nitrogen and oxygen atoms in total. The molecule has 0 saturated carbocycles. The number of piperidine rings is 1. The number of rotatable bonds is 4. The summed E-state index contributed by atoms with van der Waals surface area (Å²) in [7, 11) is 0. The normalized spacial score (nSPS) is 14.6. The van der Waals surface area contributed by atoms with Crippen molar-refractivity contribution in [2.24, 2.45) is 0 Å². The lowest BCUT2D eigenvalue weighted by molar-refractivity contribution is -0.115. The van der Waals surface area contributed by atoms with E-state index < -0.39 is 0 Å². The summed E-state index contributed by atoms with van der Waals surface area (Å²) in [6.07, 6.45) is 7.03. The molecule has 2 aromatic rings. The number of halogens is 1. The molecule has 1 aromatic heterocycles. The number of hydrogen-bond donors (Lipinski definition) is 1. The van der Waals surface area contributed by atoms with Gasteiger partial charge in [-0.2, -0.15) is 0 Å². The third-order valence-electron chi connectivity index (χ3n) is 3.84. The van der Waals surface area contributed by atoms with Gasteiger partial charge in [0.15, 0.2) is 0 Å². The maximum Gasteiger partial charge on any atom is 0.228 e. The Kier molecular flexibility index (Phi) is 4.80. The summed E-state index contributed by atoms with van der Waals surface area (Å²) in [5, 5.41) is 2.76. The van der Waals surface area contributed by atoms with E-state index in [0.29, 0.717) is 11.6 Å². The molecule has 1 aliphatic rings. The van der Waals surface area contributed by atoms with Crippen LogP contribution >= 0.6 is 0 Å². The van der Waals surface area contributed by atoms with Crippen LogP contribution in [0.15, 0.2) is 36.7 Å². The van der Waals surface area contributed by atoms with E-state index in [0.717, 1.165) is 18.7 Å². The zero-order valence-corrected chi connectivity index (χ0v) is 12.8. The molecule has 6 heteroatoms. The third-order valence-corrected chi connectivity index (χ3v) is 3.84. The summed E-state index contributed by atoms with van der Waals surface area (Å²) < 4.78 is 12.8. The molecule has 1 fully saturated rings. The second-order valence-electron chi connectivity index (χ2n) is 5.67. The lowest BCUT2D eigenvalue weighted by atomic mass is 10.1. The summed E-state index contributed by atoms with van der Waals surface area (Å²) in [4.78, 5) is 22.8. The van der Waals surface area contributed by atoms with E-state index in [1.807, 2.05) is 0 Å². The maximum atomic E-state index is 12.8. The van der Waals surface area contributed by atoms with Gasteiger partial charge in [-0.05, 0) is 37.0 Å². The molecular weight excluding hydrogens is 295 g/mol. The maximum absolute atomic E-state index is 12.8. The highest BCUT2D eigenvalue weighted by molar-refractivity contribution is 5.91. The van der Waals surface area contributed by atoms with Crippen molar-refractivity contribution in [3.63, 3.8) is 0 Å². The largest absolute Gasteiger partial charge is 0.341 e. The van der Waals surface area contributed by atoms with Crippen LogP contribution in [0, 0.1) is 5.82 Å². The van der Waals surface area contributed by atoms with Gasteiger partial charge in [0.2, 0.25) is 11.9 Å². The number of nitrogens with one attached hydrogen (secondary N) is 1. The van der Waals surface area contributed by atoms with Crippen molar-refractivity contribution in [1.29, 1.82) is 0 Å². The molecule has 0 aliphatic carbocycles. The van der Waals surface area contributed by atoms with E-state index in [4.69, 9.17) is 0 Å². The molecule has 0 unspecified atom stereocenters. The molecule has 0 atom stereocenters. The summed E-state index contributed by atoms with van der Waals surface area (Å²) in [6, 6.07) is 5.90. The van der Waals surface area contributed by atoms with Crippen molar-refractivity contribution < 1.29 is 9.18 Å². The molecule has 120 valence electrons. The number of aromatic nitrogens is 2. The van der Waals surface area contributed by atoms with Crippen LogP contribution in [0.4, 0.5) is 16.0 Å². The Morgan fingerprint density at radius 1 is 1.09 bits per heavy atom. The van der Waals surface area contributed by atoms with Crippen LogP contribution in [0.5, 0.6) is 0 Å². The minimum Gasteiger partial charge on any atom is -0.341 e. The van der Waals surface area contributed by atoms with Crippen molar-refractivity contribution in [2.75, 3.05) is 23.3 Å². The molecule has 2 heterocycles. The second kappa shape index (κ2) is 7.17. The van der Waals surface area contributed by atoms with E-state index in [1.54, 1.807) is 24.5 Å². The van der Waals surface area contributed by atoms with Crippen LogP contribution in [-0.2, 0) is 11.2 Å². The number of hydrogen-bond acceptors (Lipinski definition) is 4. The van der Waals surface area contributed by atoms with Crippen LogP contribution < -0.4 is 10.2 Å².